The molecule has 0 bridgehead atoms. The topological polar surface area (TPSA) is 121 Å². The first-order chi connectivity index (χ1) is 22.9. The van der Waals surface area contributed by atoms with E-state index in [2.05, 4.69) is 72.6 Å². The first-order valence-corrected chi connectivity index (χ1v) is 16.9. The molecule has 48 heavy (non-hydrogen) atoms. The van der Waals surface area contributed by atoms with Crippen molar-refractivity contribution in [2.45, 2.75) is 97.1 Å². The van der Waals surface area contributed by atoms with Crippen LogP contribution in [-0.2, 0) is 27.8 Å². The molecular formula is C40H48N4O4. The molecule has 0 aliphatic carbocycles. The van der Waals surface area contributed by atoms with Crippen LogP contribution < -0.4 is 10.6 Å². The number of nitrogens with one attached hydrogen (secondary N) is 2. The van der Waals surface area contributed by atoms with Gasteiger partial charge >= 0.3 is 5.97 Å². The number of carboxylic acids is 1. The van der Waals surface area contributed by atoms with Crippen molar-refractivity contribution < 1.29 is 19.5 Å². The van der Waals surface area contributed by atoms with Crippen molar-refractivity contribution in [2.24, 2.45) is 0 Å². The van der Waals surface area contributed by atoms with Crippen LogP contribution in [0.15, 0.2) is 85.2 Å². The van der Waals surface area contributed by atoms with E-state index in [0.29, 0.717) is 11.4 Å². The van der Waals surface area contributed by atoms with Gasteiger partial charge in [0.15, 0.2) is 5.82 Å². The van der Waals surface area contributed by atoms with Crippen LogP contribution in [0.1, 0.15) is 93.8 Å². The van der Waals surface area contributed by atoms with Gasteiger partial charge in [-0.05, 0) is 59.6 Å². The molecule has 2 unspecified atom stereocenters. The van der Waals surface area contributed by atoms with Gasteiger partial charge in [0, 0.05) is 35.5 Å². The summed E-state index contributed by atoms with van der Waals surface area (Å²) in [6.45, 7) is 9.89. The van der Waals surface area contributed by atoms with Crippen molar-refractivity contribution in [3.8, 4) is 22.5 Å². The number of aryl methyl sites for hydroxylation is 1. The quantitative estimate of drug-likeness (QED) is 0.115. The van der Waals surface area contributed by atoms with Crippen molar-refractivity contribution >= 4 is 17.8 Å². The van der Waals surface area contributed by atoms with Crippen LogP contribution in [0.5, 0.6) is 0 Å². The Morgan fingerprint density at radius 1 is 0.729 bits per heavy atom. The number of aromatic nitrogens is 2. The van der Waals surface area contributed by atoms with Gasteiger partial charge < -0.3 is 15.7 Å². The third-order valence-electron chi connectivity index (χ3n) is 8.52. The minimum Gasteiger partial charge on any atom is -0.480 e. The fourth-order valence-corrected chi connectivity index (χ4v) is 5.40. The summed E-state index contributed by atoms with van der Waals surface area (Å²) in [6.07, 6.45) is 11.3. The molecule has 8 heteroatoms. The summed E-state index contributed by atoms with van der Waals surface area (Å²) < 4.78 is 0. The molecule has 4 aromatic rings. The van der Waals surface area contributed by atoms with Crippen molar-refractivity contribution in [1.29, 1.82) is 0 Å². The van der Waals surface area contributed by atoms with E-state index in [1.165, 1.54) is 44.6 Å². The Balaban J connectivity index is 1.42. The molecule has 0 spiro atoms. The number of amides is 2. The lowest BCUT2D eigenvalue weighted by Crippen LogP contribution is -2.51. The molecule has 2 atom stereocenters. The van der Waals surface area contributed by atoms with Crippen LogP contribution in [0.3, 0.4) is 0 Å². The van der Waals surface area contributed by atoms with Crippen LogP contribution in [0.25, 0.3) is 22.5 Å². The second-order valence-corrected chi connectivity index (χ2v) is 13.5. The minimum atomic E-state index is -1.16. The minimum absolute atomic E-state index is 0.0667. The summed E-state index contributed by atoms with van der Waals surface area (Å²) in [5.74, 6) is -1.58. The van der Waals surface area contributed by atoms with E-state index in [4.69, 9.17) is 0 Å². The maximum atomic E-state index is 13.2. The Kier molecular flexibility index (Phi) is 12.6. The predicted octanol–water partition coefficient (Wildman–Crippen LogP) is 7.55. The summed E-state index contributed by atoms with van der Waals surface area (Å²) in [5.41, 5.74) is 6.39. The van der Waals surface area contributed by atoms with Gasteiger partial charge in [-0.2, -0.15) is 0 Å². The molecular weight excluding hydrogens is 600 g/mol. The highest BCUT2D eigenvalue weighted by atomic mass is 16.4. The molecule has 0 saturated heterocycles. The van der Waals surface area contributed by atoms with Gasteiger partial charge in [0.25, 0.3) is 5.91 Å². The summed E-state index contributed by atoms with van der Waals surface area (Å²) in [4.78, 5) is 46.9. The van der Waals surface area contributed by atoms with Crippen LogP contribution in [0, 0.1) is 0 Å². The first-order valence-electron chi connectivity index (χ1n) is 16.9. The molecule has 0 aliphatic rings. The standard InChI is InChI=1S/C40H48N4O4/c1-6-7-8-9-10-11-28-12-16-30(17-13-28)33-25-41-36(42-26-33)31-18-14-29(15-19-31)24-35(38(46)43-27(2)39(47)48)44-37(45)32-20-22-34(23-21-32)40(3,4)5/h12-23,25-27,35H,6-11,24H2,1-5H3,(H,43,46)(H,44,45)(H,47,48). The molecule has 0 radical (unpaired) electrons. The average Bonchev–Trinajstić information content (AvgIpc) is 3.08. The number of aliphatic carboxylic acids is 1. The van der Waals surface area contributed by atoms with E-state index in [-0.39, 0.29) is 11.8 Å². The van der Waals surface area contributed by atoms with Crippen molar-refractivity contribution in [1.82, 2.24) is 20.6 Å². The zero-order chi connectivity index (χ0) is 34.7. The number of rotatable bonds is 15. The Morgan fingerprint density at radius 3 is 1.90 bits per heavy atom. The lowest BCUT2D eigenvalue weighted by atomic mass is 9.86. The third kappa shape index (κ3) is 10.3. The fraction of sp³-hybridized carbons (Fsp3) is 0.375. The van der Waals surface area contributed by atoms with E-state index >= 15 is 0 Å². The lowest BCUT2D eigenvalue weighted by Gasteiger charge is -2.21. The van der Waals surface area contributed by atoms with Crippen LogP contribution in [0.4, 0.5) is 0 Å². The monoisotopic (exact) mass is 648 g/mol. The van der Waals surface area contributed by atoms with Gasteiger partial charge in [-0.15, -0.1) is 0 Å². The van der Waals surface area contributed by atoms with Gasteiger partial charge in [-0.25, -0.2) is 9.97 Å². The molecule has 0 saturated carbocycles. The molecule has 252 valence electrons. The van der Waals surface area contributed by atoms with Crippen molar-refractivity contribution in [3.05, 3.63) is 107 Å². The molecule has 0 aliphatic heterocycles. The highest BCUT2D eigenvalue weighted by molar-refractivity contribution is 5.98. The number of carbonyl (C=O) groups is 3. The molecule has 1 aromatic heterocycles. The van der Waals surface area contributed by atoms with E-state index in [9.17, 15) is 19.5 Å². The zero-order valence-electron chi connectivity index (χ0n) is 28.8. The predicted molar refractivity (Wildman–Crippen MR) is 191 cm³/mol. The maximum Gasteiger partial charge on any atom is 0.325 e. The number of hydrogen-bond acceptors (Lipinski definition) is 5. The molecule has 4 rings (SSSR count). The van der Waals surface area contributed by atoms with Gasteiger partial charge in [-0.1, -0.05) is 114 Å². The van der Waals surface area contributed by atoms with Crippen LogP contribution >= 0.6 is 0 Å². The van der Waals surface area contributed by atoms with Crippen LogP contribution in [0.2, 0.25) is 0 Å². The second-order valence-electron chi connectivity index (χ2n) is 13.5. The Morgan fingerprint density at radius 2 is 1.31 bits per heavy atom. The van der Waals surface area contributed by atoms with Crippen molar-refractivity contribution in [2.75, 3.05) is 0 Å². The van der Waals surface area contributed by atoms with E-state index in [0.717, 1.165) is 34.2 Å². The van der Waals surface area contributed by atoms with Crippen LogP contribution in [-0.4, -0.2) is 44.9 Å². The SMILES string of the molecule is CCCCCCCc1ccc(-c2cnc(-c3ccc(CC(NC(=O)c4ccc(C(C)(C)C)cc4)C(=O)NC(C)C(=O)O)cc3)nc2)cc1. The smallest absolute Gasteiger partial charge is 0.325 e. The molecule has 2 amide bonds. The molecule has 0 fully saturated rings. The molecule has 8 nitrogen and oxygen atoms in total. The van der Waals surface area contributed by atoms with Gasteiger partial charge in [0.05, 0.1) is 0 Å². The van der Waals surface area contributed by atoms with Gasteiger partial charge in [0.1, 0.15) is 12.1 Å². The summed E-state index contributed by atoms with van der Waals surface area (Å²) >= 11 is 0. The highest BCUT2D eigenvalue weighted by Crippen LogP contribution is 2.24. The number of benzene rings is 3. The zero-order valence-corrected chi connectivity index (χ0v) is 28.8. The van der Waals surface area contributed by atoms with Gasteiger partial charge in [-0.3, -0.25) is 14.4 Å². The van der Waals surface area contributed by atoms with Gasteiger partial charge in [0.2, 0.25) is 5.91 Å². The fourth-order valence-electron chi connectivity index (χ4n) is 5.40. The first kappa shape index (κ1) is 36.0. The maximum absolute atomic E-state index is 13.2. The number of nitrogens with zero attached hydrogens (tertiary/aromatic N) is 2. The molecule has 3 aromatic carbocycles. The molecule has 3 N–H and O–H groups in total. The van der Waals surface area contributed by atoms with E-state index < -0.39 is 29.9 Å². The van der Waals surface area contributed by atoms with Crippen molar-refractivity contribution in [3.63, 3.8) is 0 Å². The number of hydrogen-bond donors (Lipinski definition) is 3. The lowest BCUT2D eigenvalue weighted by molar-refractivity contribution is -0.141. The number of unbranched alkanes of at least 4 members (excludes halogenated alkanes) is 4. The summed E-state index contributed by atoms with van der Waals surface area (Å²) in [7, 11) is 0. The Hall–Kier alpha value is -4.85. The average molecular weight is 649 g/mol. The number of carbonyl (C=O) groups excluding carboxylic acids is 2. The largest absolute Gasteiger partial charge is 0.480 e. The number of carboxylic acid groups (broad SMARTS) is 1. The Labute approximate surface area is 284 Å². The summed E-state index contributed by atoms with van der Waals surface area (Å²) in [5, 5.41) is 14.6. The third-order valence-corrected chi connectivity index (χ3v) is 8.52. The normalized spacial score (nSPS) is 12.6. The summed E-state index contributed by atoms with van der Waals surface area (Å²) in [6, 6.07) is 21.3. The highest BCUT2D eigenvalue weighted by Gasteiger charge is 2.25. The Bertz CT molecular complexity index is 1640. The van der Waals surface area contributed by atoms with E-state index in [1.807, 2.05) is 48.8 Å². The molecule has 1 heterocycles. The second kappa shape index (κ2) is 16.8. The van der Waals surface area contributed by atoms with E-state index in [1.54, 1.807) is 12.1 Å².